The Labute approximate surface area is 131 Å². The summed E-state index contributed by atoms with van der Waals surface area (Å²) < 4.78 is 0. The van der Waals surface area contributed by atoms with Crippen LogP contribution in [0.15, 0.2) is 59.5 Å². The Morgan fingerprint density at radius 3 is 2.59 bits per heavy atom. The lowest BCUT2D eigenvalue weighted by Gasteiger charge is -2.06. The molecule has 0 atom stereocenters. The molecule has 0 aliphatic carbocycles. The number of rotatable bonds is 6. The fourth-order valence-electron chi connectivity index (χ4n) is 1.81. The summed E-state index contributed by atoms with van der Waals surface area (Å²) in [5.74, 6) is -0.391. The van der Waals surface area contributed by atoms with Gasteiger partial charge in [-0.1, -0.05) is 30.3 Å². The van der Waals surface area contributed by atoms with Gasteiger partial charge >= 0.3 is 5.97 Å². The van der Waals surface area contributed by atoms with Crippen molar-refractivity contribution in [1.82, 2.24) is 0 Å². The average molecular weight is 315 g/mol. The zero-order valence-electron chi connectivity index (χ0n) is 11.5. The lowest BCUT2D eigenvalue weighted by Crippen LogP contribution is -1.91. The van der Waals surface area contributed by atoms with Crippen LogP contribution < -0.4 is 0 Å². The number of nitrogens with zero attached hydrogens (tertiary/aromatic N) is 1. The van der Waals surface area contributed by atoms with Crippen LogP contribution in [0.5, 0.6) is 0 Å². The Bertz CT molecular complexity index is 713. The number of nitro benzene ring substituents is 1. The maximum Gasteiger partial charge on any atom is 0.328 e. The van der Waals surface area contributed by atoms with Gasteiger partial charge in [0.25, 0.3) is 5.69 Å². The second-order valence-electron chi connectivity index (χ2n) is 4.43. The van der Waals surface area contributed by atoms with Crippen molar-refractivity contribution in [3.05, 3.63) is 75.8 Å². The van der Waals surface area contributed by atoms with Crippen LogP contribution in [-0.2, 0) is 10.5 Å². The summed E-state index contributed by atoms with van der Waals surface area (Å²) in [5, 5.41) is 19.6. The highest BCUT2D eigenvalue weighted by Crippen LogP contribution is 2.30. The molecule has 5 nitrogen and oxygen atoms in total. The molecule has 0 aliphatic rings. The number of carbonyl (C=O) groups is 1. The predicted octanol–water partition coefficient (Wildman–Crippen LogP) is 3.98. The monoisotopic (exact) mass is 315 g/mol. The van der Waals surface area contributed by atoms with E-state index in [1.54, 1.807) is 6.07 Å². The number of benzene rings is 2. The summed E-state index contributed by atoms with van der Waals surface area (Å²) in [4.78, 5) is 21.8. The van der Waals surface area contributed by atoms with E-state index >= 15 is 0 Å². The molecule has 0 saturated heterocycles. The molecule has 2 aromatic rings. The normalized spacial score (nSPS) is 10.7. The van der Waals surface area contributed by atoms with Crippen LogP contribution in [0.4, 0.5) is 5.69 Å². The second kappa shape index (κ2) is 7.42. The molecule has 0 unspecified atom stereocenters. The summed E-state index contributed by atoms with van der Waals surface area (Å²) in [6.07, 6.45) is 2.36. The van der Waals surface area contributed by atoms with Crippen LogP contribution in [0.1, 0.15) is 11.1 Å². The van der Waals surface area contributed by atoms with Gasteiger partial charge in [0.15, 0.2) is 0 Å². The van der Waals surface area contributed by atoms with E-state index in [1.165, 1.54) is 30.0 Å². The first-order valence-corrected chi connectivity index (χ1v) is 7.41. The fourth-order valence-corrected chi connectivity index (χ4v) is 2.78. The molecule has 2 rings (SSSR count). The van der Waals surface area contributed by atoms with E-state index in [2.05, 4.69) is 0 Å². The molecule has 0 radical (unpaired) electrons. The second-order valence-corrected chi connectivity index (χ2v) is 5.44. The molecule has 6 heteroatoms. The van der Waals surface area contributed by atoms with Gasteiger partial charge in [-0.05, 0) is 23.3 Å². The van der Waals surface area contributed by atoms with E-state index in [9.17, 15) is 14.9 Å². The molecule has 22 heavy (non-hydrogen) atoms. The summed E-state index contributed by atoms with van der Waals surface area (Å²) in [5.41, 5.74) is 1.59. The number of carboxylic acids is 1. The number of thioether (sulfide) groups is 1. The van der Waals surface area contributed by atoms with E-state index in [0.717, 1.165) is 16.5 Å². The van der Waals surface area contributed by atoms with Gasteiger partial charge in [0.2, 0.25) is 0 Å². The maximum absolute atomic E-state index is 10.8. The Morgan fingerprint density at radius 2 is 1.95 bits per heavy atom. The van der Waals surface area contributed by atoms with Crippen molar-refractivity contribution >= 4 is 29.5 Å². The molecule has 0 fully saturated rings. The zero-order chi connectivity index (χ0) is 15.9. The Balaban J connectivity index is 2.25. The number of nitro groups is 1. The minimum absolute atomic E-state index is 0.0610. The largest absolute Gasteiger partial charge is 0.478 e. The lowest BCUT2D eigenvalue weighted by molar-refractivity contribution is -0.384. The van der Waals surface area contributed by atoms with Crippen LogP contribution in [0.3, 0.4) is 0 Å². The van der Waals surface area contributed by atoms with Crippen molar-refractivity contribution in [2.24, 2.45) is 0 Å². The SMILES string of the molecule is O=C(O)C=Cc1cc([N+](=O)[O-])ccc1SCc1ccccc1. The Morgan fingerprint density at radius 1 is 1.23 bits per heavy atom. The van der Waals surface area contributed by atoms with Crippen LogP contribution in [-0.4, -0.2) is 16.0 Å². The van der Waals surface area contributed by atoms with Gasteiger partial charge in [0.1, 0.15) is 0 Å². The van der Waals surface area contributed by atoms with E-state index in [-0.39, 0.29) is 5.69 Å². The lowest BCUT2D eigenvalue weighted by atomic mass is 10.2. The van der Waals surface area contributed by atoms with E-state index in [4.69, 9.17) is 5.11 Å². The Hall–Kier alpha value is -2.60. The number of hydrogen-bond acceptors (Lipinski definition) is 4. The standard InChI is InChI=1S/C16H13NO4S/c18-16(19)9-6-13-10-14(17(20)21)7-8-15(13)22-11-12-4-2-1-3-5-12/h1-10H,11H2,(H,18,19). The molecular formula is C16H13NO4S. The van der Waals surface area contributed by atoms with E-state index in [1.807, 2.05) is 30.3 Å². The third-order valence-corrected chi connectivity index (χ3v) is 4.01. The first-order valence-electron chi connectivity index (χ1n) is 6.42. The molecule has 1 N–H and O–H groups in total. The van der Waals surface area contributed by atoms with Crippen LogP contribution in [0.25, 0.3) is 6.08 Å². The number of hydrogen-bond donors (Lipinski definition) is 1. The molecule has 0 aromatic heterocycles. The highest BCUT2D eigenvalue weighted by Gasteiger charge is 2.10. The molecule has 2 aromatic carbocycles. The minimum Gasteiger partial charge on any atom is -0.478 e. The summed E-state index contributed by atoms with van der Waals surface area (Å²) in [6.45, 7) is 0. The van der Waals surface area contributed by atoms with Crippen molar-refractivity contribution in [1.29, 1.82) is 0 Å². The molecule has 0 amide bonds. The van der Waals surface area contributed by atoms with Gasteiger partial charge in [0.05, 0.1) is 4.92 Å². The van der Waals surface area contributed by atoms with Crippen LogP contribution >= 0.6 is 11.8 Å². The van der Waals surface area contributed by atoms with E-state index < -0.39 is 10.9 Å². The van der Waals surface area contributed by atoms with Gasteiger partial charge in [0, 0.05) is 28.9 Å². The van der Waals surface area contributed by atoms with Crippen molar-refractivity contribution in [2.45, 2.75) is 10.6 Å². The van der Waals surface area contributed by atoms with Gasteiger partial charge in [-0.3, -0.25) is 10.1 Å². The molecule has 0 saturated carbocycles. The highest BCUT2D eigenvalue weighted by atomic mass is 32.2. The summed E-state index contributed by atoms with van der Waals surface area (Å²) >= 11 is 1.51. The Kier molecular flexibility index (Phi) is 5.32. The maximum atomic E-state index is 10.8. The zero-order valence-corrected chi connectivity index (χ0v) is 12.3. The molecular weight excluding hydrogens is 302 g/mol. The molecule has 112 valence electrons. The number of carboxylic acid groups (broad SMARTS) is 1. The third-order valence-electron chi connectivity index (χ3n) is 2.85. The topological polar surface area (TPSA) is 80.4 Å². The van der Waals surface area contributed by atoms with Gasteiger partial charge in [-0.15, -0.1) is 11.8 Å². The number of non-ortho nitro benzene ring substituents is 1. The van der Waals surface area contributed by atoms with E-state index in [0.29, 0.717) is 11.3 Å². The molecule has 0 bridgehead atoms. The van der Waals surface area contributed by atoms with Crippen molar-refractivity contribution in [2.75, 3.05) is 0 Å². The summed E-state index contributed by atoms with van der Waals surface area (Å²) in [6, 6.07) is 14.2. The summed E-state index contributed by atoms with van der Waals surface area (Å²) in [7, 11) is 0. The van der Waals surface area contributed by atoms with Gasteiger partial charge in [-0.25, -0.2) is 4.79 Å². The smallest absolute Gasteiger partial charge is 0.328 e. The van der Waals surface area contributed by atoms with Crippen LogP contribution in [0, 0.1) is 10.1 Å². The quantitative estimate of drug-likeness (QED) is 0.377. The van der Waals surface area contributed by atoms with Crippen LogP contribution in [0.2, 0.25) is 0 Å². The molecule has 0 aliphatic heterocycles. The van der Waals surface area contributed by atoms with Crippen molar-refractivity contribution < 1.29 is 14.8 Å². The van der Waals surface area contributed by atoms with Crippen molar-refractivity contribution in [3.8, 4) is 0 Å². The van der Waals surface area contributed by atoms with Gasteiger partial charge < -0.3 is 5.11 Å². The van der Waals surface area contributed by atoms with Crippen molar-refractivity contribution in [3.63, 3.8) is 0 Å². The minimum atomic E-state index is -1.09. The highest BCUT2D eigenvalue weighted by molar-refractivity contribution is 7.98. The fraction of sp³-hybridized carbons (Fsp3) is 0.0625. The average Bonchev–Trinajstić information content (AvgIpc) is 2.52. The number of aliphatic carboxylic acids is 1. The first kappa shape index (κ1) is 15.8. The molecule has 0 heterocycles. The third kappa shape index (κ3) is 4.46. The predicted molar refractivity (Wildman–Crippen MR) is 85.8 cm³/mol. The first-order chi connectivity index (χ1) is 10.6. The van der Waals surface area contributed by atoms with Gasteiger partial charge in [-0.2, -0.15) is 0 Å². The molecule has 0 spiro atoms.